The summed E-state index contributed by atoms with van der Waals surface area (Å²) in [7, 11) is -0.494. The second-order valence-corrected chi connectivity index (χ2v) is 10.9. The van der Waals surface area contributed by atoms with E-state index in [-0.39, 0.29) is 5.82 Å². The van der Waals surface area contributed by atoms with E-state index in [4.69, 9.17) is 29.2 Å². The van der Waals surface area contributed by atoms with Crippen molar-refractivity contribution >= 4 is 27.1 Å². The van der Waals surface area contributed by atoms with Crippen molar-refractivity contribution in [2.75, 3.05) is 31.8 Å². The Bertz CT molecular complexity index is 1560. The number of methoxy groups -OCH3 is 2. The van der Waals surface area contributed by atoms with Crippen LogP contribution in [0.4, 0.5) is 5.82 Å². The van der Waals surface area contributed by atoms with Gasteiger partial charge in [-0.15, -0.1) is 0 Å². The Balaban J connectivity index is 1.82. The van der Waals surface area contributed by atoms with E-state index in [1.807, 2.05) is 25.1 Å². The molecule has 1 N–H and O–H groups in total. The summed E-state index contributed by atoms with van der Waals surface area (Å²) in [6.07, 6.45) is 5.01. The lowest BCUT2D eigenvalue weighted by molar-refractivity contribution is 0.312. The van der Waals surface area contributed by atoms with Crippen LogP contribution in [0.25, 0.3) is 28.5 Å². The summed E-state index contributed by atoms with van der Waals surface area (Å²) in [5.41, 5.74) is 2.29. The number of sulfonamides is 1. The van der Waals surface area contributed by atoms with Crippen LogP contribution >= 0.6 is 0 Å². The second-order valence-electron chi connectivity index (χ2n) is 9.12. The summed E-state index contributed by atoms with van der Waals surface area (Å²) in [6, 6.07) is 10.8. The van der Waals surface area contributed by atoms with Gasteiger partial charge in [-0.2, -0.15) is 0 Å². The molecule has 0 aliphatic heterocycles. The first-order valence-electron chi connectivity index (χ1n) is 12.4. The molecule has 1 aliphatic carbocycles. The zero-order chi connectivity index (χ0) is 26.9. The molecule has 3 heterocycles. The Morgan fingerprint density at radius 1 is 1.00 bits per heavy atom. The number of imidazole rings is 1. The molecule has 4 aromatic rings. The molecule has 200 valence electrons. The van der Waals surface area contributed by atoms with E-state index in [9.17, 15) is 8.42 Å². The number of rotatable bonds is 10. The zero-order valence-electron chi connectivity index (χ0n) is 21.8. The molecule has 1 aromatic carbocycles. The van der Waals surface area contributed by atoms with Crippen LogP contribution < -0.4 is 18.9 Å². The quantitative estimate of drug-likeness (QED) is 0.318. The van der Waals surface area contributed by atoms with Crippen molar-refractivity contribution in [2.45, 2.75) is 32.6 Å². The normalized spacial score (nSPS) is 13.8. The van der Waals surface area contributed by atoms with Gasteiger partial charge in [0.2, 0.25) is 15.9 Å². The molecule has 0 atom stereocenters. The van der Waals surface area contributed by atoms with E-state index in [0.717, 1.165) is 25.5 Å². The monoisotopic (exact) mass is 538 g/mol. The summed E-state index contributed by atoms with van der Waals surface area (Å²) in [6.45, 7) is 2.35. The topological polar surface area (TPSA) is 130 Å². The van der Waals surface area contributed by atoms with Crippen LogP contribution in [0.1, 0.15) is 31.9 Å². The van der Waals surface area contributed by atoms with Crippen molar-refractivity contribution < 1.29 is 22.6 Å². The Morgan fingerprint density at radius 2 is 1.71 bits per heavy atom. The second kappa shape index (κ2) is 10.4. The van der Waals surface area contributed by atoms with Gasteiger partial charge in [0.25, 0.3) is 0 Å². The first-order chi connectivity index (χ1) is 18.3. The van der Waals surface area contributed by atoms with Crippen LogP contribution in [0.5, 0.6) is 17.4 Å². The standard InChI is InChI=1S/C26H30N6O5S/c1-5-37-21-14-7-11-17(27-21)25-30-24-26(32(25)22-19(35-2)12-8-13-20(22)36-3)29-23(31-38(4,33)34)18(28-24)15-16-9-6-10-16/h7-8,11-14,16H,5-6,9-10,15H2,1-4H3,(H,29,31). The van der Waals surface area contributed by atoms with Gasteiger partial charge in [-0.1, -0.05) is 31.4 Å². The van der Waals surface area contributed by atoms with Crippen molar-refractivity contribution in [1.29, 1.82) is 0 Å². The molecule has 0 amide bonds. The van der Waals surface area contributed by atoms with E-state index < -0.39 is 10.0 Å². The minimum absolute atomic E-state index is 0.185. The first kappa shape index (κ1) is 25.7. The molecule has 1 saturated carbocycles. The molecule has 12 heteroatoms. The number of anilines is 1. The fourth-order valence-corrected chi connectivity index (χ4v) is 5.01. The minimum atomic E-state index is -3.61. The Labute approximate surface area is 221 Å². The van der Waals surface area contributed by atoms with E-state index in [1.54, 1.807) is 37.0 Å². The molecule has 38 heavy (non-hydrogen) atoms. The van der Waals surface area contributed by atoms with Gasteiger partial charge in [0.1, 0.15) is 22.9 Å². The number of hydrogen-bond donors (Lipinski definition) is 1. The maximum Gasteiger partial charge on any atom is 0.231 e. The number of para-hydroxylation sites is 1. The molecule has 5 rings (SSSR count). The molecule has 0 saturated heterocycles. The summed E-state index contributed by atoms with van der Waals surface area (Å²) >= 11 is 0. The number of aromatic nitrogens is 5. The van der Waals surface area contributed by atoms with Crippen molar-refractivity contribution in [2.24, 2.45) is 5.92 Å². The van der Waals surface area contributed by atoms with Crippen LogP contribution in [-0.2, 0) is 16.4 Å². The summed E-state index contributed by atoms with van der Waals surface area (Å²) < 4.78 is 45.9. The number of ether oxygens (including phenoxy) is 3. The van der Waals surface area contributed by atoms with Crippen LogP contribution in [-0.4, -0.2) is 60.0 Å². The summed E-state index contributed by atoms with van der Waals surface area (Å²) in [5, 5.41) is 0. The van der Waals surface area contributed by atoms with Crippen LogP contribution in [0, 0.1) is 5.92 Å². The van der Waals surface area contributed by atoms with Gasteiger partial charge in [-0.05, 0) is 37.5 Å². The highest BCUT2D eigenvalue weighted by atomic mass is 32.2. The molecule has 3 aromatic heterocycles. The summed E-state index contributed by atoms with van der Waals surface area (Å²) in [5.74, 6) is 2.50. The van der Waals surface area contributed by atoms with Crippen molar-refractivity contribution in [3.8, 4) is 34.6 Å². The van der Waals surface area contributed by atoms with Crippen LogP contribution in [0.2, 0.25) is 0 Å². The molecule has 0 spiro atoms. The van der Waals surface area contributed by atoms with Gasteiger partial charge in [0.05, 0.1) is 32.8 Å². The lowest BCUT2D eigenvalue weighted by Crippen LogP contribution is -2.19. The zero-order valence-corrected chi connectivity index (χ0v) is 22.6. The van der Waals surface area contributed by atoms with Gasteiger partial charge in [0.15, 0.2) is 22.9 Å². The van der Waals surface area contributed by atoms with Gasteiger partial charge >= 0.3 is 0 Å². The third-order valence-electron chi connectivity index (χ3n) is 6.43. The predicted molar refractivity (Wildman–Crippen MR) is 144 cm³/mol. The van der Waals surface area contributed by atoms with Crippen molar-refractivity contribution in [3.05, 3.63) is 42.1 Å². The molecule has 0 bridgehead atoms. The van der Waals surface area contributed by atoms with Gasteiger partial charge in [0, 0.05) is 6.07 Å². The number of nitrogens with one attached hydrogen (secondary N) is 1. The highest BCUT2D eigenvalue weighted by Crippen LogP contribution is 2.39. The average Bonchev–Trinajstić information content (AvgIpc) is 3.22. The van der Waals surface area contributed by atoms with Gasteiger partial charge in [-0.25, -0.2) is 28.4 Å². The van der Waals surface area contributed by atoms with Crippen molar-refractivity contribution in [1.82, 2.24) is 24.5 Å². The van der Waals surface area contributed by atoms with E-state index in [2.05, 4.69) is 9.71 Å². The highest BCUT2D eigenvalue weighted by molar-refractivity contribution is 7.92. The Kier molecular flexibility index (Phi) is 7.06. The van der Waals surface area contributed by atoms with Crippen LogP contribution in [0.3, 0.4) is 0 Å². The fourth-order valence-electron chi connectivity index (χ4n) is 4.50. The van der Waals surface area contributed by atoms with Gasteiger partial charge in [-0.3, -0.25) is 9.29 Å². The maximum absolute atomic E-state index is 12.3. The Morgan fingerprint density at radius 3 is 2.32 bits per heavy atom. The molecule has 1 aliphatic rings. The van der Waals surface area contributed by atoms with E-state index >= 15 is 0 Å². The molecule has 0 radical (unpaired) electrons. The number of benzene rings is 1. The van der Waals surface area contributed by atoms with Gasteiger partial charge < -0.3 is 14.2 Å². The van der Waals surface area contributed by atoms with Crippen molar-refractivity contribution in [3.63, 3.8) is 0 Å². The fraction of sp³-hybridized carbons (Fsp3) is 0.385. The molecule has 1 fully saturated rings. The molecular formula is C26H30N6O5S. The Hall–Kier alpha value is -3.93. The third-order valence-corrected chi connectivity index (χ3v) is 6.99. The molecular weight excluding hydrogens is 508 g/mol. The summed E-state index contributed by atoms with van der Waals surface area (Å²) in [4.78, 5) is 19.1. The number of nitrogens with zero attached hydrogens (tertiary/aromatic N) is 5. The van der Waals surface area contributed by atoms with E-state index in [0.29, 0.717) is 70.5 Å². The number of pyridine rings is 1. The third kappa shape index (κ3) is 5.08. The SMILES string of the molecule is CCOc1cccc(-c2nc3nc(CC4CCC4)c(NS(C)(=O)=O)nc3n2-c2c(OC)cccc2OC)n1. The average molecular weight is 539 g/mol. The lowest BCUT2D eigenvalue weighted by atomic mass is 9.82. The predicted octanol–water partition coefficient (Wildman–Crippen LogP) is 4.01. The minimum Gasteiger partial charge on any atom is -0.494 e. The lowest BCUT2D eigenvalue weighted by Gasteiger charge is -2.25. The largest absolute Gasteiger partial charge is 0.494 e. The number of fused-ring (bicyclic) bond motifs is 1. The molecule has 0 unspecified atom stereocenters. The van der Waals surface area contributed by atoms with E-state index in [1.165, 1.54) is 0 Å². The highest BCUT2D eigenvalue weighted by Gasteiger charge is 2.27. The smallest absolute Gasteiger partial charge is 0.231 e. The number of hydrogen-bond acceptors (Lipinski definition) is 9. The van der Waals surface area contributed by atoms with Crippen LogP contribution in [0.15, 0.2) is 36.4 Å². The maximum atomic E-state index is 12.3. The first-order valence-corrected chi connectivity index (χ1v) is 14.3. The molecule has 11 nitrogen and oxygen atoms in total.